The number of hydrogen-bond donors (Lipinski definition) is 2. The zero-order valence-corrected chi connectivity index (χ0v) is 11.2. The molecule has 0 aromatic heterocycles. The van der Waals surface area contributed by atoms with Crippen molar-refractivity contribution in [3.8, 4) is 0 Å². The molecule has 16 heavy (non-hydrogen) atoms. The first kappa shape index (κ1) is 13.5. The molecule has 0 fully saturated rings. The quantitative estimate of drug-likeness (QED) is 0.899. The Morgan fingerprint density at radius 3 is 2.69 bits per heavy atom. The van der Waals surface area contributed by atoms with E-state index in [1.54, 1.807) is 13.0 Å². The monoisotopic (exact) mass is 305 g/mol. The van der Waals surface area contributed by atoms with Crippen molar-refractivity contribution < 1.29 is 9.90 Å². The van der Waals surface area contributed by atoms with Crippen LogP contribution in [0.3, 0.4) is 0 Å². The van der Waals surface area contributed by atoms with E-state index in [2.05, 4.69) is 15.9 Å². The smallest absolute Gasteiger partial charge is 0.304 e. The van der Waals surface area contributed by atoms with Crippen LogP contribution >= 0.6 is 27.5 Å². The van der Waals surface area contributed by atoms with Gasteiger partial charge in [0.2, 0.25) is 0 Å². The summed E-state index contributed by atoms with van der Waals surface area (Å²) < 4.78 is 0.857. The fourth-order valence-electron chi connectivity index (χ4n) is 1.59. The number of aliphatic carboxylic acids is 1. The molecule has 0 aliphatic rings. The predicted octanol–water partition coefficient (Wildman–Crippen LogP) is 2.79. The third kappa shape index (κ3) is 2.97. The van der Waals surface area contributed by atoms with Crippen molar-refractivity contribution in [2.45, 2.75) is 18.8 Å². The number of carbonyl (C=O) groups is 1. The van der Waals surface area contributed by atoms with E-state index < -0.39 is 11.4 Å². The summed E-state index contributed by atoms with van der Waals surface area (Å²) in [6, 6.07) is 5.38. The average molecular weight is 307 g/mol. The Balaban J connectivity index is 3.17. The topological polar surface area (TPSA) is 63.3 Å². The van der Waals surface area contributed by atoms with Crippen LogP contribution in [0.4, 0.5) is 0 Å². The molecule has 0 saturated heterocycles. The Morgan fingerprint density at radius 1 is 1.62 bits per heavy atom. The molecule has 0 radical (unpaired) electrons. The maximum absolute atomic E-state index is 10.8. The first-order valence-electron chi connectivity index (χ1n) is 4.76. The molecule has 0 bridgehead atoms. The Bertz CT molecular complexity index is 411. The largest absolute Gasteiger partial charge is 0.481 e. The summed E-state index contributed by atoms with van der Waals surface area (Å²) in [5.41, 5.74) is 5.79. The Kier molecular flexibility index (Phi) is 4.35. The fourth-order valence-corrected chi connectivity index (χ4v) is 2.49. The van der Waals surface area contributed by atoms with Gasteiger partial charge < -0.3 is 10.8 Å². The molecule has 88 valence electrons. The highest BCUT2D eigenvalue weighted by molar-refractivity contribution is 9.10. The molecule has 0 spiro atoms. The molecule has 0 saturated carbocycles. The minimum absolute atomic E-state index is 0.0369. The SMILES string of the molecule is CC(CN)(CC(=O)O)c1ccc(Br)cc1Cl. The van der Waals surface area contributed by atoms with Gasteiger partial charge in [0, 0.05) is 21.5 Å². The Labute approximate surface area is 108 Å². The normalized spacial score (nSPS) is 14.5. The maximum atomic E-state index is 10.8. The molecule has 1 aromatic rings. The molecule has 1 atom stereocenters. The molecule has 0 amide bonds. The molecule has 0 aliphatic heterocycles. The lowest BCUT2D eigenvalue weighted by atomic mass is 9.79. The van der Waals surface area contributed by atoms with Crippen LogP contribution in [-0.4, -0.2) is 17.6 Å². The first-order valence-corrected chi connectivity index (χ1v) is 5.93. The molecule has 0 heterocycles. The lowest BCUT2D eigenvalue weighted by molar-refractivity contribution is -0.138. The summed E-state index contributed by atoms with van der Waals surface area (Å²) in [5.74, 6) is -0.882. The Morgan fingerprint density at radius 2 is 2.25 bits per heavy atom. The second-order valence-electron chi connectivity index (χ2n) is 3.96. The van der Waals surface area contributed by atoms with E-state index in [-0.39, 0.29) is 13.0 Å². The molecule has 5 heteroatoms. The van der Waals surface area contributed by atoms with Gasteiger partial charge in [0.05, 0.1) is 6.42 Å². The van der Waals surface area contributed by atoms with Crippen LogP contribution in [0.25, 0.3) is 0 Å². The van der Waals surface area contributed by atoms with Crippen molar-refractivity contribution in [2.75, 3.05) is 6.54 Å². The maximum Gasteiger partial charge on any atom is 0.304 e. The standard InChI is InChI=1S/C11H13BrClNO2/c1-11(6-14,5-10(15)16)8-3-2-7(12)4-9(8)13/h2-4H,5-6,14H2,1H3,(H,15,16). The average Bonchev–Trinajstić information content (AvgIpc) is 2.16. The van der Waals surface area contributed by atoms with E-state index in [4.69, 9.17) is 22.4 Å². The van der Waals surface area contributed by atoms with Crippen molar-refractivity contribution in [3.63, 3.8) is 0 Å². The van der Waals surface area contributed by atoms with E-state index in [0.717, 1.165) is 10.0 Å². The van der Waals surface area contributed by atoms with Gasteiger partial charge in [-0.05, 0) is 17.7 Å². The molecule has 1 rings (SSSR count). The fraction of sp³-hybridized carbons (Fsp3) is 0.364. The molecule has 1 aromatic carbocycles. The number of nitrogens with two attached hydrogens (primary N) is 1. The number of hydrogen-bond acceptors (Lipinski definition) is 2. The number of carboxylic acid groups (broad SMARTS) is 1. The van der Waals surface area contributed by atoms with Crippen LogP contribution in [0.15, 0.2) is 22.7 Å². The minimum Gasteiger partial charge on any atom is -0.481 e. The van der Waals surface area contributed by atoms with E-state index in [9.17, 15) is 4.79 Å². The van der Waals surface area contributed by atoms with Gasteiger partial charge >= 0.3 is 5.97 Å². The minimum atomic E-state index is -0.882. The number of halogens is 2. The van der Waals surface area contributed by atoms with E-state index in [1.165, 1.54) is 0 Å². The van der Waals surface area contributed by atoms with Gasteiger partial charge in [-0.2, -0.15) is 0 Å². The summed E-state index contributed by atoms with van der Waals surface area (Å²) >= 11 is 9.40. The van der Waals surface area contributed by atoms with Crippen LogP contribution < -0.4 is 5.73 Å². The zero-order chi connectivity index (χ0) is 12.3. The number of benzene rings is 1. The van der Waals surface area contributed by atoms with Crippen LogP contribution in [-0.2, 0) is 10.2 Å². The highest BCUT2D eigenvalue weighted by Gasteiger charge is 2.30. The van der Waals surface area contributed by atoms with Crippen LogP contribution in [0.1, 0.15) is 18.9 Å². The van der Waals surface area contributed by atoms with Crippen molar-refractivity contribution in [2.24, 2.45) is 5.73 Å². The number of rotatable bonds is 4. The van der Waals surface area contributed by atoms with Crippen molar-refractivity contribution in [1.29, 1.82) is 0 Å². The molecule has 0 aliphatic carbocycles. The highest BCUT2D eigenvalue weighted by atomic mass is 79.9. The van der Waals surface area contributed by atoms with Crippen molar-refractivity contribution >= 4 is 33.5 Å². The third-order valence-corrected chi connectivity index (χ3v) is 3.38. The molecular formula is C11H13BrClNO2. The Hall–Kier alpha value is -0.580. The van der Waals surface area contributed by atoms with Crippen LogP contribution in [0, 0.1) is 0 Å². The molecule has 3 nitrogen and oxygen atoms in total. The summed E-state index contributed by atoms with van der Waals surface area (Å²) in [7, 11) is 0. The molecule has 1 unspecified atom stereocenters. The molecular weight excluding hydrogens is 293 g/mol. The first-order chi connectivity index (χ1) is 7.39. The van der Waals surface area contributed by atoms with Crippen LogP contribution in [0.5, 0.6) is 0 Å². The lowest BCUT2D eigenvalue weighted by Gasteiger charge is -2.27. The summed E-state index contributed by atoms with van der Waals surface area (Å²) in [6.07, 6.45) is -0.0369. The van der Waals surface area contributed by atoms with E-state index >= 15 is 0 Å². The zero-order valence-electron chi connectivity index (χ0n) is 8.84. The summed E-state index contributed by atoms with van der Waals surface area (Å²) in [6.45, 7) is 2.04. The van der Waals surface area contributed by atoms with Gasteiger partial charge in [0.15, 0.2) is 0 Å². The molecule has 3 N–H and O–H groups in total. The van der Waals surface area contributed by atoms with Crippen LogP contribution in [0.2, 0.25) is 5.02 Å². The summed E-state index contributed by atoms with van der Waals surface area (Å²) in [4.78, 5) is 10.8. The van der Waals surface area contributed by atoms with Gasteiger partial charge in [-0.3, -0.25) is 4.79 Å². The highest BCUT2D eigenvalue weighted by Crippen LogP contribution is 2.33. The van der Waals surface area contributed by atoms with E-state index in [1.807, 2.05) is 12.1 Å². The number of carboxylic acids is 1. The summed E-state index contributed by atoms with van der Waals surface area (Å²) in [5, 5.41) is 9.41. The van der Waals surface area contributed by atoms with Gasteiger partial charge in [-0.15, -0.1) is 0 Å². The second kappa shape index (κ2) is 5.17. The van der Waals surface area contributed by atoms with Crippen molar-refractivity contribution in [3.05, 3.63) is 33.3 Å². The second-order valence-corrected chi connectivity index (χ2v) is 5.28. The van der Waals surface area contributed by atoms with Gasteiger partial charge in [0.1, 0.15) is 0 Å². The van der Waals surface area contributed by atoms with E-state index in [0.29, 0.717) is 5.02 Å². The van der Waals surface area contributed by atoms with Crippen molar-refractivity contribution in [1.82, 2.24) is 0 Å². The third-order valence-electron chi connectivity index (χ3n) is 2.57. The lowest BCUT2D eigenvalue weighted by Crippen LogP contribution is -2.34. The van der Waals surface area contributed by atoms with Gasteiger partial charge in [-0.25, -0.2) is 0 Å². The van der Waals surface area contributed by atoms with Gasteiger partial charge in [0.25, 0.3) is 0 Å². The predicted molar refractivity (Wildman–Crippen MR) is 67.8 cm³/mol. The van der Waals surface area contributed by atoms with Gasteiger partial charge in [-0.1, -0.05) is 40.5 Å².